The van der Waals surface area contributed by atoms with Gasteiger partial charge in [0, 0.05) is 5.56 Å². The summed E-state index contributed by atoms with van der Waals surface area (Å²) in [6.07, 6.45) is 0. The van der Waals surface area contributed by atoms with E-state index >= 15 is 0 Å². The third kappa shape index (κ3) is 1.70. The number of nitriles is 1. The van der Waals surface area contributed by atoms with Gasteiger partial charge in [0.25, 0.3) is 0 Å². The highest BCUT2D eigenvalue weighted by atomic mass is 14.9. The number of nitrogens with zero attached hydrogens (tertiary/aromatic N) is 2. The van der Waals surface area contributed by atoms with Crippen LogP contribution >= 0.6 is 0 Å². The van der Waals surface area contributed by atoms with Crippen molar-refractivity contribution in [3.63, 3.8) is 0 Å². The van der Waals surface area contributed by atoms with Crippen molar-refractivity contribution in [1.82, 2.24) is 9.97 Å². The summed E-state index contributed by atoms with van der Waals surface area (Å²) >= 11 is 0. The van der Waals surface area contributed by atoms with Gasteiger partial charge in [-0.25, -0.2) is 4.98 Å². The molecule has 0 amide bonds. The molecule has 3 heteroatoms. The fraction of sp³-hybridized carbons (Fsp3) is 0.231. The van der Waals surface area contributed by atoms with Crippen molar-refractivity contribution in [3.05, 3.63) is 40.7 Å². The minimum Gasteiger partial charge on any atom is -0.341 e. The van der Waals surface area contributed by atoms with E-state index < -0.39 is 0 Å². The molecule has 1 aromatic carbocycles. The van der Waals surface area contributed by atoms with Crippen LogP contribution in [0.25, 0.3) is 11.4 Å². The molecule has 1 aromatic heterocycles. The zero-order valence-electron chi connectivity index (χ0n) is 9.63. The quantitative estimate of drug-likeness (QED) is 0.788. The highest BCUT2D eigenvalue weighted by Crippen LogP contribution is 2.22. The lowest BCUT2D eigenvalue weighted by atomic mass is 10.1. The Balaban J connectivity index is 2.59. The lowest BCUT2D eigenvalue weighted by molar-refractivity contribution is 1.24. The third-order valence-corrected chi connectivity index (χ3v) is 2.64. The summed E-state index contributed by atoms with van der Waals surface area (Å²) in [5.41, 5.74) is 4.69. The molecule has 0 saturated carbocycles. The van der Waals surface area contributed by atoms with Crippen LogP contribution in [0.15, 0.2) is 18.2 Å². The van der Waals surface area contributed by atoms with Gasteiger partial charge in [-0.15, -0.1) is 0 Å². The van der Waals surface area contributed by atoms with E-state index in [-0.39, 0.29) is 0 Å². The number of aromatic amines is 1. The Labute approximate surface area is 94.8 Å². The van der Waals surface area contributed by atoms with E-state index in [0.717, 1.165) is 22.6 Å². The molecule has 2 aromatic rings. The number of H-pyrrole nitrogens is 1. The highest BCUT2D eigenvalue weighted by Gasteiger charge is 2.09. The first-order chi connectivity index (χ1) is 7.61. The SMILES string of the molecule is Cc1ccc(C)c(-c2nc(C#N)c(C)[nH]2)c1. The van der Waals surface area contributed by atoms with Crippen molar-refractivity contribution in [2.24, 2.45) is 0 Å². The second-order valence-electron chi connectivity index (χ2n) is 3.99. The minimum absolute atomic E-state index is 0.468. The standard InChI is InChI=1S/C13H13N3/c1-8-4-5-9(2)11(6-8)13-15-10(3)12(7-14)16-13/h4-6H,1-3H3,(H,15,16). The maximum atomic E-state index is 8.87. The molecule has 0 aliphatic carbocycles. The summed E-state index contributed by atoms with van der Waals surface area (Å²) in [6, 6.07) is 8.29. The fourth-order valence-corrected chi connectivity index (χ4v) is 1.69. The van der Waals surface area contributed by atoms with E-state index in [4.69, 9.17) is 5.26 Å². The van der Waals surface area contributed by atoms with Gasteiger partial charge in [-0.1, -0.05) is 17.7 Å². The van der Waals surface area contributed by atoms with Crippen LogP contribution in [0.5, 0.6) is 0 Å². The molecular formula is C13H13N3. The van der Waals surface area contributed by atoms with Crippen LogP contribution < -0.4 is 0 Å². The predicted molar refractivity (Wildman–Crippen MR) is 62.9 cm³/mol. The number of hydrogen-bond donors (Lipinski definition) is 1. The van der Waals surface area contributed by atoms with E-state index in [9.17, 15) is 0 Å². The van der Waals surface area contributed by atoms with Gasteiger partial charge in [0.15, 0.2) is 5.69 Å². The van der Waals surface area contributed by atoms with Crippen molar-refractivity contribution in [2.45, 2.75) is 20.8 Å². The number of aromatic nitrogens is 2. The number of rotatable bonds is 1. The van der Waals surface area contributed by atoms with Crippen molar-refractivity contribution < 1.29 is 0 Å². The number of aryl methyl sites for hydroxylation is 3. The molecule has 0 bridgehead atoms. The number of hydrogen-bond acceptors (Lipinski definition) is 2. The van der Waals surface area contributed by atoms with Crippen molar-refractivity contribution in [2.75, 3.05) is 0 Å². The summed E-state index contributed by atoms with van der Waals surface area (Å²) < 4.78 is 0. The molecule has 0 spiro atoms. The summed E-state index contributed by atoms with van der Waals surface area (Å²) in [6.45, 7) is 5.95. The maximum Gasteiger partial charge on any atom is 0.161 e. The molecule has 0 saturated heterocycles. The summed E-state index contributed by atoms with van der Waals surface area (Å²) in [5, 5.41) is 8.87. The highest BCUT2D eigenvalue weighted by molar-refractivity contribution is 5.62. The van der Waals surface area contributed by atoms with E-state index in [0.29, 0.717) is 5.69 Å². The monoisotopic (exact) mass is 211 g/mol. The molecule has 0 fully saturated rings. The van der Waals surface area contributed by atoms with Crippen molar-refractivity contribution in [3.8, 4) is 17.5 Å². The smallest absolute Gasteiger partial charge is 0.161 e. The van der Waals surface area contributed by atoms with E-state index in [1.165, 1.54) is 5.56 Å². The first-order valence-corrected chi connectivity index (χ1v) is 5.16. The zero-order chi connectivity index (χ0) is 11.7. The third-order valence-electron chi connectivity index (χ3n) is 2.64. The predicted octanol–water partition coefficient (Wildman–Crippen LogP) is 2.87. The Morgan fingerprint density at radius 3 is 2.62 bits per heavy atom. The molecule has 16 heavy (non-hydrogen) atoms. The van der Waals surface area contributed by atoms with Crippen LogP contribution in [-0.2, 0) is 0 Å². The molecule has 1 N–H and O–H groups in total. The molecule has 1 heterocycles. The lowest BCUT2D eigenvalue weighted by Gasteiger charge is -2.03. The molecule has 3 nitrogen and oxygen atoms in total. The Kier molecular flexibility index (Phi) is 2.49. The van der Waals surface area contributed by atoms with Gasteiger partial charge in [-0.05, 0) is 32.4 Å². The van der Waals surface area contributed by atoms with Crippen LogP contribution in [0.1, 0.15) is 22.5 Å². The van der Waals surface area contributed by atoms with Gasteiger partial charge in [0.2, 0.25) is 0 Å². The molecule has 0 atom stereocenters. The Bertz CT molecular complexity index is 573. The first kappa shape index (κ1) is 10.4. The summed E-state index contributed by atoms with van der Waals surface area (Å²) in [7, 11) is 0. The maximum absolute atomic E-state index is 8.87. The van der Waals surface area contributed by atoms with Gasteiger partial charge >= 0.3 is 0 Å². The van der Waals surface area contributed by atoms with E-state index in [2.05, 4.69) is 34.2 Å². The van der Waals surface area contributed by atoms with Crippen LogP contribution in [-0.4, -0.2) is 9.97 Å². The van der Waals surface area contributed by atoms with Crippen LogP contribution in [0, 0.1) is 32.1 Å². The van der Waals surface area contributed by atoms with Gasteiger partial charge in [0.1, 0.15) is 11.9 Å². The Morgan fingerprint density at radius 1 is 1.25 bits per heavy atom. The van der Waals surface area contributed by atoms with Gasteiger partial charge in [-0.3, -0.25) is 0 Å². The number of imidazole rings is 1. The number of benzene rings is 1. The second-order valence-corrected chi connectivity index (χ2v) is 3.99. The molecule has 2 rings (SSSR count). The summed E-state index contributed by atoms with van der Waals surface area (Å²) in [5.74, 6) is 0.773. The average molecular weight is 211 g/mol. The topological polar surface area (TPSA) is 52.5 Å². The molecule has 0 unspecified atom stereocenters. The number of nitrogens with one attached hydrogen (secondary N) is 1. The zero-order valence-corrected chi connectivity index (χ0v) is 9.63. The first-order valence-electron chi connectivity index (χ1n) is 5.16. The van der Waals surface area contributed by atoms with Crippen LogP contribution in [0.3, 0.4) is 0 Å². The molecule has 0 radical (unpaired) electrons. The molecule has 0 aliphatic heterocycles. The van der Waals surface area contributed by atoms with Crippen molar-refractivity contribution in [1.29, 1.82) is 5.26 Å². The van der Waals surface area contributed by atoms with Gasteiger partial charge in [0.05, 0.1) is 5.69 Å². The van der Waals surface area contributed by atoms with E-state index in [1.807, 2.05) is 20.8 Å². The Morgan fingerprint density at radius 2 is 2.00 bits per heavy atom. The van der Waals surface area contributed by atoms with Crippen molar-refractivity contribution >= 4 is 0 Å². The van der Waals surface area contributed by atoms with Gasteiger partial charge in [-0.2, -0.15) is 5.26 Å². The van der Waals surface area contributed by atoms with Gasteiger partial charge < -0.3 is 4.98 Å². The summed E-state index contributed by atoms with van der Waals surface area (Å²) in [4.78, 5) is 7.43. The second kappa shape index (κ2) is 3.82. The average Bonchev–Trinajstić information content (AvgIpc) is 2.63. The van der Waals surface area contributed by atoms with E-state index in [1.54, 1.807) is 0 Å². The molecule has 80 valence electrons. The molecular weight excluding hydrogens is 198 g/mol. The fourth-order valence-electron chi connectivity index (χ4n) is 1.69. The minimum atomic E-state index is 0.468. The lowest BCUT2D eigenvalue weighted by Crippen LogP contribution is -1.87. The molecule has 0 aliphatic rings. The van der Waals surface area contributed by atoms with Crippen LogP contribution in [0.4, 0.5) is 0 Å². The van der Waals surface area contributed by atoms with Crippen LogP contribution in [0.2, 0.25) is 0 Å². The normalized spacial score (nSPS) is 10.1. The largest absolute Gasteiger partial charge is 0.341 e. The Hall–Kier alpha value is -2.08.